The van der Waals surface area contributed by atoms with Crippen molar-refractivity contribution in [3.05, 3.63) is 28.7 Å². The van der Waals surface area contributed by atoms with Gasteiger partial charge >= 0.3 is 0 Å². The number of para-hydroxylation sites is 1. The van der Waals surface area contributed by atoms with Crippen LogP contribution in [0.15, 0.2) is 28.7 Å². The molecule has 0 amide bonds. The Balaban J connectivity index is 1.89. The molecule has 1 aromatic rings. The number of hydrogen-bond acceptors (Lipinski definition) is 3. The first-order valence-corrected chi connectivity index (χ1v) is 6.91. The highest BCUT2D eigenvalue weighted by molar-refractivity contribution is 9.10. The first-order chi connectivity index (χ1) is 8.31. The molecule has 1 aliphatic rings. The summed E-state index contributed by atoms with van der Waals surface area (Å²) in [5.41, 5.74) is 1.31. The number of nitrogens with zero attached hydrogens (tertiary/aromatic N) is 1. The molecule has 1 saturated heterocycles. The molecule has 2 N–H and O–H groups in total. The Morgan fingerprint density at radius 3 is 2.65 bits per heavy atom. The maximum Gasteiger partial charge on any atom is 0.0681 e. The highest BCUT2D eigenvalue weighted by atomic mass is 79.9. The van der Waals surface area contributed by atoms with E-state index in [1.54, 1.807) is 0 Å². The van der Waals surface area contributed by atoms with E-state index in [2.05, 4.69) is 49.9 Å². The van der Waals surface area contributed by atoms with Gasteiger partial charge in [0.1, 0.15) is 0 Å². The second-order valence-corrected chi connectivity index (χ2v) is 5.40. The second kappa shape index (κ2) is 6.38. The first-order valence-electron chi connectivity index (χ1n) is 6.12. The highest BCUT2D eigenvalue weighted by Gasteiger charge is 2.20. The lowest BCUT2D eigenvalue weighted by Crippen LogP contribution is -2.34. The highest BCUT2D eigenvalue weighted by Crippen LogP contribution is 2.30. The van der Waals surface area contributed by atoms with E-state index in [0.717, 1.165) is 25.4 Å². The fourth-order valence-electron chi connectivity index (χ4n) is 2.41. The summed E-state index contributed by atoms with van der Waals surface area (Å²) in [4.78, 5) is 7.10. The zero-order chi connectivity index (χ0) is 12.1. The molecule has 0 aliphatic carbocycles. The van der Waals surface area contributed by atoms with Crippen molar-refractivity contribution >= 4 is 21.6 Å². The van der Waals surface area contributed by atoms with Crippen molar-refractivity contribution in [3.8, 4) is 0 Å². The molecule has 1 fully saturated rings. The van der Waals surface area contributed by atoms with E-state index in [1.165, 1.54) is 23.0 Å². The van der Waals surface area contributed by atoms with E-state index < -0.39 is 0 Å². The van der Waals surface area contributed by atoms with E-state index in [1.807, 2.05) is 0 Å². The smallest absolute Gasteiger partial charge is 0.0681 e. The van der Waals surface area contributed by atoms with Gasteiger partial charge in [-0.2, -0.15) is 0 Å². The molecule has 0 unspecified atom stereocenters. The lowest BCUT2D eigenvalue weighted by atomic mass is 9.93. The average Bonchev–Trinajstić information content (AvgIpc) is 2.38. The molecule has 3 nitrogen and oxygen atoms in total. The Bertz CT molecular complexity index is 351. The minimum atomic E-state index is 0.680. The Kier molecular flexibility index (Phi) is 4.83. The summed E-state index contributed by atoms with van der Waals surface area (Å²) in [6, 6.07) is 8.42. The van der Waals surface area contributed by atoms with Crippen LogP contribution < -0.4 is 10.8 Å². The third-order valence-electron chi connectivity index (χ3n) is 3.45. The van der Waals surface area contributed by atoms with Crippen LogP contribution in [-0.2, 0) is 4.84 Å². The van der Waals surface area contributed by atoms with Gasteiger partial charge in [-0.25, -0.2) is 5.90 Å². The van der Waals surface area contributed by atoms with Crippen molar-refractivity contribution in [2.75, 3.05) is 24.6 Å². The van der Waals surface area contributed by atoms with Crippen LogP contribution in [0.2, 0.25) is 0 Å². The van der Waals surface area contributed by atoms with Crippen LogP contribution >= 0.6 is 15.9 Å². The van der Waals surface area contributed by atoms with Crippen LogP contribution in [0.3, 0.4) is 0 Å². The summed E-state index contributed by atoms with van der Waals surface area (Å²) in [6.07, 6.45) is 3.54. The van der Waals surface area contributed by atoms with E-state index >= 15 is 0 Å². The third kappa shape index (κ3) is 3.44. The summed E-state index contributed by atoms with van der Waals surface area (Å²) < 4.78 is 1.18. The predicted octanol–water partition coefficient (Wildman–Crippen LogP) is 2.95. The molecule has 2 rings (SSSR count). The van der Waals surface area contributed by atoms with Crippen LogP contribution in [0.5, 0.6) is 0 Å². The van der Waals surface area contributed by atoms with Crippen molar-refractivity contribution in [1.82, 2.24) is 0 Å². The van der Waals surface area contributed by atoms with Crippen molar-refractivity contribution in [2.45, 2.75) is 19.3 Å². The molecule has 0 spiro atoms. The molecule has 1 heterocycles. The van der Waals surface area contributed by atoms with Crippen LogP contribution in [-0.4, -0.2) is 19.7 Å². The first kappa shape index (κ1) is 12.9. The molecule has 0 saturated carbocycles. The van der Waals surface area contributed by atoms with Gasteiger partial charge in [-0.05, 0) is 53.2 Å². The topological polar surface area (TPSA) is 38.5 Å². The predicted molar refractivity (Wildman–Crippen MR) is 73.8 cm³/mol. The summed E-state index contributed by atoms with van der Waals surface area (Å²) >= 11 is 3.61. The molecular formula is C13H19BrN2O. The minimum Gasteiger partial charge on any atom is -0.371 e. The number of nitrogens with two attached hydrogens (primary N) is 1. The molecular weight excluding hydrogens is 280 g/mol. The van der Waals surface area contributed by atoms with E-state index in [-0.39, 0.29) is 0 Å². The zero-order valence-electron chi connectivity index (χ0n) is 9.94. The Morgan fingerprint density at radius 2 is 2.00 bits per heavy atom. The van der Waals surface area contributed by atoms with Crippen LogP contribution in [0.25, 0.3) is 0 Å². The standard InChI is InChI=1S/C13H19BrN2O/c14-12-3-1-2-4-13(12)16-8-5-11(6-9-16)7-10-17-15/h1-4,11H,5-10,15H2. The lowest BCUT2D eigenvalue weighted by molar-refractivity contribution is 0.118. The Morgan fingerprint density at radius 1 is 1.29 bits per heavy atom. The van der Waals surface area contributed by atoms with Gasteiger partial charge in [0.2, 0.25) is 0 Å². The second-order valence-electron chi connectivity index (χ2n) is 4.54. The largest absolute Gasteiger partial charge is 0.371 e. The number of benzene rings is 1. The van der Waals surface area contributed by atoms with Gasteiger partial charge in [-0.15, -0.1) is 0 Å². The normalized spacial score (nSPS) is 17.4. The quantitative estimate of drug-likeness (QED) is 0.869. The van der Waals surface area contributed by atoms with Crippen LogP contribution in [0.4, 0.5) is 5.69 Å². The van der Waals surface area contributed by atoms with Crippen molar-refractivity contribution in [3.63, 3.8) is 0 Å². The maximum atomic E-state index is 5.07. The number of anilines is 1. The van der Waals surface area contributed by atoms with Crippen molar-refractivity contribution in [2.24, 2.45) is 11.8 Å². The Labute approximate surface area is 111 Å². The number of piperidine rings is 1. The summed E-state index contributed by atoms with van der Waals surface area (Å²) in [5.74, 6) is 5.83. The van der Waals surface area contributed by atoms with Gasteiger partial charge in [-0.3, -0.25) is 0 Å². The minimum absolute atomic E-state index is 0.680. The fraction of sp³-hybridized carbons (Fsp3) is 0.538. The number of hydrogen-bond donors (Lipinski definition) is 1. The molecule has 94 valence electrons. The summed E-state index contributed by atoms with van der Waals surface area (Å²) in [5, 5.41) is 0. The van der Waals surface area contributed by atoms with Crippen molar-refractivity contribution in [1.29, 1.82) is 0 Å². The summed E-state index contributed by atoms with van der Waals surface area (Å²) in [7, 11) is 0. The molecule has 0 atom stereocenters. The monoisotopic (exact) mass is 298 g/mol. The molecule has 0 radical (unpaired) electrons. The van der Waals surface area contributed by atoms with E-state index in [0.29, 0.717) is 6.61 Å². The van der Waals surface area contributed by atoms with Gasteiger partial charge in [0.05, 0.1) is 12.3 Å². The maximum absolute atomic E-state index is 5.07. The van der Waals surface area contributed by atoms with Gasteiger partial charge in [0.15, 0.2) is 0 Å². The third-order valence-corrected chi connectivity index (χ3v) is 4.12. The van der Waals surface area contributed by atoms with Gasteiger partial charge in [-0.1, -0.05) is 12.1 Å². The molecule has 1 aromatic carbocycles. The SMILES string of the molecule is NOCCC1CCN(c2ccccc2Br)CC1. The Hall–Kier alpha value is -0.580. The molecule has 1 aliphatic heterocycles. The van der Waals surface area contributed by atoms with E-state index in [9.17, 15) is 0 Å². The number of halogens is 1. The van der Waals surface area contributed by atoms with E-state index in [4.69, 9.17) is 5.90 Å². The zero-order valence-corrected chi connectivity index (χ0v) is 11.5. The molecule has 17 heavy (non-hydrogen) atoms. The van der Waals surface area contributed by atoms with Crippen LogP contribution in [0, 0.1) is 5.92 Å². The van der Waals surface area contributed by atoms with Gasteiger partial charge < -0.3 is 9.74 Å². The summed E-state index contributed by atoms with van der Waals surface area (Å²) in [6.45, 7) is 2.93. The van der Waals surface area contributed by atoms with Gasteiger partial charge in [0.25, 0.3) is 0 Å². The fourth-order valence-corrected chi connectivity index (χ4v) is 2.94. The molecule has 4 heteroatoms. The van der Waals surface area contributed by atoms with Crippen molar-refractivity contribution < 1.29 is 4.84 Å². The van der Waals surface area contributed by atoms with Gasteiger partial charge in [0, 0.05) is 17.6 Å². The molecule has 0 aromatic heterocycles. The molecule has 0 bridgehead atoms. The number of rotatable bonds is 4. The lowest BCUT2D eigenvalue weighted by Gasteiger charge is -2.34. The average molecular weight is 299 g/mol. The van der Waals surface area contributed by atoms with Crippen LogP contribution in [0.1, 0.15) is 19.3 Å².